The Balaban J connectivity index is 1.65. The van der Waals surface area contributed by atoms with Crippen LogP contribution in [0, 0.1) is 0 Å². The summed E-state index contributed by atoms with van der Waals surface area (Å²) < 4.78 is 1.12. The fourth-order valence-electron chi connectivity index (χ4n) is 2.08. The summed E-state index contributed by atoms with van der Waals surface area (Å²) in [6.45, 7) is 0.402. The van der Waals surface area contributed by atoms with Gasteiger partial charge in [0, 0.05) is 0 Å². The lowest BCUT2D eigenvalue weighted by molar-refractivity contribution is -0.122. The van der Waals surface area contributed by atoms with Gasteiger partial charge in [0.1, 0.15) is 11.0 Å². The Morgan fingerprint density at radius 1 is 1.14 bits per heavy atom. The van der Waals surface area contributed by atoms with Crippen LogP contribution in [-0.2, 0) is 11.3 Å². The molecule has 0 aliphatic heterocycles. The van der Waals surface area contributed by atoms with E-state index in [4.69, 9.17) is 5.73 Å². The van der Waals surface area contributed by atoms with Gasteiger partial charge >= 0.3 is 0 Å². The van der Waals surface area contributed by atoms with Crippen LogP contribution in [0.25, 0.3) is 10.2 Å². The molecule has 5 heteroatoms. The molecular formula is C16H15N3OS. The molecule has 4 nitrogen and oxygen atoms in total. The van der Waals surface area contributed by atoms with Crippen LogP contribution in [-0.4, -0.2) is 10.9 Å². The molecule has 0 fully saturated rings. The second-order valence-corrected chi connectivity index (χ2v) is 5.80. The second-order valence-electron chi connectivity index (χ2n) is 4.68. The number of hydrogen-bond acceptors (Lipinski definition) is 4. The topological polar surface area (TPSA) is 68.0 Å². The summed E-state index contributed by atoms with van der Waals surface area (Å²) in [7, 11) is 0. The number of carbonyl (C=O) groups is 1. The smallest absolute Gasteiger partial charge is 0.241 e. The summed E-state index contributed by atoms with van der Waals surface area (Å²) in [6.07, 6.45) is 0. The Labute approximate surface area is 126 Å². The van der Waals surface area contributed by atoms with E-state index < -0.39 is 6.04 Å². The molecule has 1 heterocycles. The number of benzene rings is 2. The van der Waals surface area contributed by atoms with E-state index in [1.54, 1.807) is 11.3 Å². The number of nitrogens with zero attached hydrogens (tertiary/aromatic N) is 1. The molecule has 0 saturated carbocycles. The zero-order valence-electron chi connectivity index (χ0n) is 11.3. The predicted octanol–water partition coefficient (Wildman–Crippen LogP) is 2.61. The van der Waals surface area contributed by atoms with E-state index in [0.29, 0.717) is 6.54 Å². The summed E-state index contributed by atoms with van der Waals surface area (Å²) >= 11 is 1.58. The normalized spacial score (nSPS) is 12.2. The molecule has 0 aliphatic carbocycles. The molecule has 0 aliphatic rings. The first-order valence-corrected chi connectivity index (χ1v) is 7.48. The Morgan fingerprint density at radius 3 is 2.62 bits per heavy atom. The standard InChI is InChI=1S/C16H15N3OS/c17-15(11-6-2-1-3-7-11)16(20)18-10-14-19-12-8-4-5-9-13(12)21-14/h1-9,15H,10,17H2,(H,18,20). The zero-order chi connectivity index (χ0) is 14.7. The minimum absolute atomic E-state index is 0.194. The number of thiazole rings is 1. The number of para-hydroxylation sites is 1. The van der Waals surface area contributed by atoms with Gasteiger partial charge in [0.2, 0.25) is 5.91 Å². The highest BCUT2D eigenvalue weighted by atomic mass is 32.1. The van der Waals surface area contributed by atoms with Crippen molar-refractivity contribution in [1.29, 1.82) is 0 Å². The number of fused-ring (bicyclic) bond motifs is 1. The van der Waals surface area contributed by atoms with Crippen molar-refractivity contribution >= 4 is 27.5 Å². The van der Waals surface area contributed by atoms with E-state index in [9.17, 15) is 4.79 Å². The minimum atomic E-state index is -0.652. The van der Waals surface area contributed by atoms with Crippen molar-refractivity contribution in [2.75, 3.05) is 0 Å². The molecule has 106 valence electrons. The number of hydrogen-bond donors (Lipinski definition) is 2. The minimum Gasteiger partial charge on any atom is -0.348 e. The Bertz CT molecular complexity index is 721. The molecule has 3 rings (SSSR count). The van der Waals surface area contributed by atoms with Crippen molar-refractivity contribution in [2.45, 2.75) is 12.6 Å². The van der Waals surface area contributed by atoms with Crippen LogP contribution < -0.4 is 11.1 Å². The second kappa shape index (κ2) is 6.03. The Morgan fingerprint density at radius 2 is 1.86 bits per heavy atom. The summed E-state index contributed by atoms with van der Waals surface area (Å²) in [6, 6.07) is 16.6. The van der Waals surface area contributed by atoms with Crippen LogP contribution in [0.4, 0.5) is 0 Å². The first kappa shape index (κ1) is 13.7. The summed E-state index contributed by atoms with van der Waals surface area (Å²) in [5.41, 5.74) is 7.71. The molecule has 0 bridgehead atoms. The van der Waals surface area contributed by atoms with E-state index in [1.807, 2.05) is 54.6 Å². The molecule has 0 radical (unpaired) electrons. The highest BCUT2D eigenvalue weighted by Gasteiger charge is 2.15. The number of amides is 1. The monoisotopic (exact) mass is 297 g/mol. The van der Waals surface area contributed by atoms with Gasteiger partial charge in [-0.25, -0.2) is 4.98 Å². The molecule has 0 spiro atoms. The third-order valence-electron chi connectivity index (χ3n) is 3.19. The van der Waals surface area contributed by atoms with Crippen LogP contribution in [0.2, 0.25) is 0 Å². The van der Waals surface area contributed by atoms with Crippen molar-refractivity contribution in [3.63, 3.8) is 0 Å². The van der Waals surface area contributed by atoms with Gasteiger partial charge in [-0.05, 0) is 17.7 Å². The summed E-state index contributed by atoms with van der Waals surface area (Å²) in [5.74, 6) is -0.194. The first-order valence-electron chi connectivity index (χ1n) is 6.67. The molecule has 3 aromatic rings. The maximum absolute atomic E-state index is 12.1. The third kappa shape index (κ3) is 3.09. The summed E-state index contributed by atoms with van der Waals surface area (Å²) in [4.78, 5) is 16.6. The quantitative estimate of drug-likeness (QED) is 0.778. The average molecular weight is 297 g/mol. The molecule has 1 amide bonds. The SMILES string of the molecule is NC(C(=O)NCc1nc2ccccc2s1)c1ccccc1. The molecule has 2 aromatic carbocycles. The fraction of sp³-hybridized carbons (Fsp3) is 0.125. The van der Waals surface area contributed by atoms with Gasteiger partial charge in [0.15, 0.2) is 0 Å². The highest BCUT2D eigenvalue weighted by molar-refractivity contribution is 7.18. The fourth-order valence-corrected chi connectivity index (χ4v) is 2.99. The number of nitrogens with one attached hydrogen (secondary N) is 1. The average Bonchev–Trinajstić information content (AvgIpc) is 2.95. The molecule has 3 N–H and O–H groups in total. The lowest BCUT2D eigenvalue weighted by Gasteiger charge is -2.11. The van der Waals surface area contributed by atoms with Gasteiger partial charge in [0.05, 0.1) is 16.8 Å². The van der Waals surface area contributed by atoms with Crippen molar-refractivity contribution in [1.82, 2.24) is 10.3 Å². The van der Waals surface area contributed by atoms with Gasteiger partial charge in [-0.3, -0.25) is 4.79 Å². The van der Waals surface area contributed by atoms with Crippen LogP contribution >= 0.6 is 11.3 Å². The molecule has 1 aromatic heterocycles. The van der Waals surface area contributed by atoms with Crippen molar-refractivity contribution in [2.24, 2.45) is 5.73 Å². The number of aromatic nitrogens is 1. The maximum atomic E-state index is 12.1. The van der Waals surface area contributed by atoms with Crippen molar-refractivity contribution in [3.8, 4) is 0 Å². The predicted molar refractivity (Wildman–Crippen MR) is 84.8 cm³/mol. The number of nitrogens with two attached hydrogens (primary N) is 1. The molecule has 1 unspecified atom stereocenters. The van der Waals surface area contributed by atoms with Crippen LogP contribution in [0.15, 0.2) is 54.6 Å². The van der Waals surface area contributed by atoms with Gasteiger partial charge in [-0.2, -0.15) is 0 Å². The van der Waals surface area contributed by atoms with Gasteiger partial charge in [-0.15, -0.1) is 11.3 Å². The van der Waals surface area contributed by atoms with Crippen LogP contribution in [0.5, 0.6) is 0 Å². The van der Waals surface area contributed by atoms with E-state index in [1.165, 1.54) is 0 Å². The van der Waals surface area contributed by atoms with E-state index in [-0.39, 0.29) is 5.91 Å². The molecule has 0 saturated heterocycles. The first-order chi connectivity index (χ1) is 10.2. The van der Waals surface area contributed by atoms with Gasteiger partial charge in [0.25, 0.3) is 0 Å². The van der Waals surface area contributed by atoms with E-state index in [2.05, 4.69) is 10.3 Å². The maximum Gasteiger partial charge on any atom is 0.241 e. The third-order valence-corrected chi connectivity index (χ3v) is 4.23. The Kier molecular flexibility index (Phi) is 3.94. The van der Waals surface area contributed by atoms with Crippen molar-refractivity contribution < 1.29 is 4.79 Å². The lowest BCUT2D eigenvalue weighted by Crippen LogP contribution is -2.33. The number of rotatable bonds is 4. The van der Waals surface area contributed by atoms with Gasteiger partial charge < -0.3 is 11.1 Å². The number of carbonyl (C=O) groups excluding carboxylic acids is 1. The molecule has 1 atom stereocenters. The van der Waals surface area contributed by atoms with E-state index >= 15 is 0 Å². The van der Waals surface area contributed by atoms with Crippen LogP contribution in [0.1, 0.15) is 16.6 Å². The van der Waals surface area contributed by atoms with Crippen LogP contribution in [0.3, 0.4) is 0 Å². The summed E-state index contributed by atoms with van der Waals surface area (Å²) in [5, 5.41) is 3.72. The lowest BCUT2D eigenvalue weighted by atomic mass is 10.1. The van der Waals surface area contributed by atoms with Crippen molar-refractivity contribution in [3.05, 3.63) is 65.2 Å². The highest BCUT2D eigenvalue weighted by Crippen LogP contribution is 2.21. The van der Waals surface area contributed by atoms with Gasteiger partial charge in [-0.1, -0.05) is 42.5 Å². The largest absolute Gasteiger partial charge is 0.348 e. The molecular weight excluding hydrogens is 282 g/mol. The zero-order valence-corrected chi connectivity index (χ0v) is 12.1. The van der Waals surface area contributed by atoms with E-state index in [0.717, 1.165) is 20.8 Å². The Hall–Kier alpha value is -2.24. The molecule has 21 heavy (non-hydrogen) atoms.